The largest absolute Gasteiger partial charge is 0.321 e. The lowest BCUT2D eigenvalue weighted by Gasteiger charge is -2.24. The first-order valence-corrected chi connectivity index (χ1v) is 8.78. The smallest absolute Gasteiger partial charge is 0.241 e. The van der Waals surface area contributed by atoms with Gasteiger partial charge in [-0.25, -0.2) is 4.39 Å². The monoisotopic (exact) mass is 310 g/mol. The number of amides is 1. The Labute approximate surface area is 130 Å². The predicted molar refractivity (Wildman–Crippen MR) is 85.6 cm³/mol. The summed E-state index contributed by atoms with van der Waals surface area (Å²) in [4.78, 5) is 14.5. The van der Waals surface area contributed by atoms with Crippen molar-refractivity contribution in [2.45, 2.75) is 32.5 Å². The van der Waals surface area contributed by atoms with Crippen LogP contribution in [-0.2, 0) is 4.79 Å². The summed E-state index contributed by atoms with van der Waals surface area (Å²) >= 11 is 1.72. The van der Waals surface area contributed by atoms with Gasteiger partial charge < -0.3 is 4.90 Å². The van der Waals surface area contributed by atoms with Gasteiger partial charge in [-0.15, -0.1) is 0 Å². The molecule has 0 radical (unpaired) electrons. The number of nitrogens with one attached hydrogen (secondary N) is 1. The molecule has 3 nitrogen and oxygen atoms in total. The summed E-state index contributed by atoms with van der Waals surface area (Å²) < 4.78 is 13.1. The normalized spacial score (nSPS) is 23.6. The first-order valence-electron chi connectivity index (χ1n) is 7.39. The van der Waals surface area contributed by atoms with Crippen molar-refractivity contribution in [3.63, 3.8) is 0 Å². The van der Waals surface area contributed by atoms with Crippen LogP contribution in [0.25, 0.3) is 0 Å². The number of benzene rings is 1. The van der Waals surface area contributed by atoms with Gasteiger partial charge in [0.25, 0.3) is 0 Å². The van der Waals surface area contributed by atoms with Crippen LogP contribution < -0.4 is 5.32 Å². The van der Waals surface area contributed by atoms with E-state index in [9.17, 15) is 9.18 Å². The highest BCUT2D eigenvalue weighted by Crippen LogP contribution is 2.29. The molecule has 1 saturated heterocycles. The number of hydrogen-bond acceptors (Lipinski definition) is 3. The maximum Gasteiger partial charge on any atom is 0.241 e. The molecule has 3 unspecified atom stereocenters. The third-order valence-corrected chi connectivity index (χ3v) is 4.72. The van der Waals surface area contributed by atoms with Gasteiger partial charge in [0.2, 0.25) is 5.91 Å². The van der Waals surface area contributed by atoms with E-state index in [-0.39, 0.29) is 23.9 Å². The standard InChI is InChI=1S/C16H23FN2OS/c1-4-11(2)14-16(20)19(9-10-21-3)15(18-14)12-5-7-13(17)8-6-12/h5-8,11,14-15,18H,4,9-10H2,1-3H3. The van der Waals surface area contributed by atoms with Crippen LogP contribution in [0.2, 0.25) is 0 Å². The Morgan fingerprint density at radius 3 is 2.62 bits per heavy atom. The molecular weight excluding hydrogens is 287 g/mol. The number of nitrogens with zero attached hydrogens (tertiary/aromatic N) is 1. The SMILES string of the molecule is CCC(C)C1NC(c2ccc(F)cc2)N(CCSC)C1=O. The zero-order valence-corrected chi connectivity index (χ0v) is 13.6. The zero-order valence-electron chi connectivity index (χ0n) is 12.8. The summed E-state index contributed by atoms with van der Waals surface area (Å²) in [5, 5.41) is 3.43. The Balaban J connectivity index is 2.23. The Hall–Kier alpha value is -1.07. The molecule has 3 atom stereocenters. The first kappa shape index (κ1) is 16.3. The van der Waals surface area contributed by atoms with Gasteiger partial charge in [-0.2, -0.15) is 11.8 Å². The second-order valence-corrected chi connectivity index (χ2v) is 6.49. The van der Waals surface area contributed by atoms with Crippen LogP contribution in [0, 0.1) is 11.7 Å². The van der Waals surface area contributed by atoms with E-state index in [1.165, 1.54) is 12.1 Å². The lowest BCUT2D eigenvalue weighted by molar-refractivity contribution is -0.130. The summed E-state index contributed by atoms with van der Waals surface area (Å²) in [6.07, 6.45) is 2.84. The molecule has 0 saturated carbocycles. The quantitative estimate of drug-likeness (QED) is 0.876. The molecule has 1 fully saturated rings. The molecule has 0 aromatic heterocycles. The molecule has 116 valence electrons. The fourth-order valence-corrected chi connectivity index (χ4v) is 3.01. The Morgan fingerprint density at radius 2 is 2.05 bits per heavy atom. The molecule has 1 heterocycles. The van der Waals surface area contributed by atoms with Crippen LogP contribution in [0.1, 0.15) is 32.0 Å². The van der Waals surface area contributed by atoms with Gasteiger partial charge in [0.1, 0.15) is 12.0 Å². The summed E-state index contributed by atoms with van der Waals surface area (Å²) in [5.41, 5.74) is 0.941. The average molecular weight is 310 g/mol. The summed E-state index contributed by atoms with van der Waals surface area (Å²) in [5.74, 6) is 1.10. The maximum atomic E-state index is 13.1. The van der Waals surface area contributed by atoms with Crippen molar-refractivity contribution < 1.29 is 9.18 Å². The third kappa shape index (κ3) is 3.58. The molecule has 1 aliphatic heterocycles. The van der Waals surface area contributed by atoms with Crippen molar-refractivity contribution >= 4 is 17.7 Å². The molecule has 5 heteroatoms. The van der Waals surface area contributed by atoms with Crippen molar-refractivity contribution in [1.29, 1.82) is 0 Å². The molecule has 0 aliphatic carbocycles. The number of rotatable bonds is 6. The molecule has 1 amide bonds. The maximum absolute atomic E-state index is 13.1. The van der Waals surface area contributed by atoms with Crippen molar-refractivity contribution in [3.8, 4) is 0 Å². The van der Waals surface area contributed by atoms with Crippen LogP contribution in [-0.4, -0.2) is 35.4 Å². The summed E-state index contributed by atoms with van der Waals surface area (Å²) in [6, 6.07) is 6.26. The minimum absolute atomic E-state index is 0.146. The van der Waals surface area contributed by atoms with Crippen molar-refractivity contribution in [2.75, 3.05) is 18.6 Å². The minimum atomic E-state index is -0.253. The lowest BCUT2D eigenvalue weighted by Crippen LogP contribution is -2.36. The molecule has 21 heavy (non-hydrogen) atoms. The van der Waals surface area contributed by atoms with E-state index in [2.05, 4.69) is 19.2 Å². The number of hydrogen-bond donors (Lipinski definition) is 1. The highest BCUT2D eigenvalue weighted by Gasteiger charge is 2.41. The van der Waals surface area contributed by atoms with E-state index in [1.807, 2.05) is 11.2 Å². The minimum Gasteiger partial charge on any atom is -0.321 e. The third-order valence-electron chi connectivity index (χ3n) is 4.13. The number of carbonyl (C=O) groups excluding carboxylic acids is 1. The molecule has 0 spiro atoms. The topological polar surface area (TPSA) is 32.3 Å². The Kier molecular flexibility index (Phi) is 5.65. The van der Waals surface area contributed by atoms with Gasteiger partial charge in [0.05, 0.1) is 6.04 Å². The van der Waals surface area contributed by atoms with Gasteiger partial charge in [-0.3, -0.25) is 10.1 Å². The van der Waals surface area contributed by atoms with Gasteiger partial charge in [-0.1, -0.05) is 32.4 Å². The molecular formula is C16H23FN2OS. The summed E-state index contributed by atoms with van der Waals surface area (Å²) in [6.45, 7) is 4.90. The van der Waals surface area contributed by atoms with Crippen molar-refractivity contribution in [2.24, 2.45) is 5.92 Å². The zero-order chi connectivity index (χ0) is 15.4. The number of halogens is 1. The molecule has 1 N–H and O–H groups in total. The van der Waals surface area contributed by atoms with E-state index < -0.39 is 0 Å². The van der Waals surface area contributed by atoms with Crippen molar-refractivity contribution in [3.05, 3.63) is 35.6 Å². The molecule has 1 aliphatic rings. The molecule has 1 aromatic carbocycles. The van der Waals surface area contributed by atoms with Crippen molar-refractivity contribution in [1.82, 2.24) is 10.2 Å². The second-order valence-electron chi connectivity index (χ2n) is 5.51. The fourth-order valence-electron chi connectivity index (χ4n) is 2.63. The van der Waals surface area contributed by atoms with E-state index in [0.29, 0.717) is 12.5 Å². The van der Waals surface area contributed by atoms with Crippen LogP contribution in [0.5, 0.6) is 0 Å². The van der Waals surface area contributed by atoms with Gasteiger partial charge in [0, 0.05) is 12.3 Å². The van der Waals surface area contributed by atoms with Crippen LogP contribution in [0.3, 0.4) is 0 Å². The first-order chi connectivity index (χ1) is 10.1. The van der Waals surface area contributed by atoms with Crippen LogP contribution in [0.15, 0.2) is 24.3 Å². The fraction of sp³-hybridized carbons (Fsp3) is 0.562. The Morgan fingerprint density at radius 1 is 1.38 bits per heavy atom. The van der Waals surface area contributed by atoms with E-state index in [1.54, 1.807) is 23.9 Å². The predicted octanol–water partition coefficient (Wildman–Crippen LogP) is 3.03. The number of carbonyl (C=O) groups is 1. The summed E-state index contributed by atoms with van der Waals surface area (Å²) in [7, 11) is 0. The highest BCUT2D eigenvalue weighted by atomic mass is 32.2. The van der Waals surface area contributed by atoms with Crippen LogP contribution in [0.4, 0.5) is 4.39 Å². The van der Waals surface area contributed by atoms with Gasteiger partial charge in [-0.05, 0) is 29.9 Å². The van der Waals surface area contributed by atoms with Crippen LogP contribution >= 0.6 is 11.8 Å². The second kappa shape index (κ2) is 7.27. The van der Waals surface area contributed by atoms with Gasteiger partial charge >= 0.3 is 0 Å². The highest BCUT2D eigenvalue weighted by molar-refractivity contribution is 7.98. The average Bonchev–Trinajstić information content (AvgIpc) is 2.82. The molecule has 2 rings (SSSR count). The van der Waals surface area contributed by atoms with E-state index in [4.69, 9.17) is 0 Å². The van der Waals surface area contributed by atoms with E-state index >= 15 is 0 Å². The van der Waals surface area contributed by atoms with Gasteiger partial charge in [0.15, 0.2) is 0 Å². The molecule has 1 aromatic rings. The van der Waals surface area contributed by atoms with E-state index in [0.717, 1.165) is 17.7 Å². The molecule has 0 bridgehead atoms. The Bertz CT molecular complexity index is 480. The number of thioether (sulfide) groups is 1. The lowest BCUT2D eigenvalue weighted by atomic mass is 9.99.